The predicted molar refractivity (Wildman–Crippen MR) is 135 cm³/mol. The zero-order valence-electron chi connectivity index (χ0n) is 20.6. The van der Waals surface area contributed by atoms with Gasteiger partial charge in [0.05, 0.1) is 18.1 Å². The summed E-state index contributed by atoms with van der Waals surface area (Å²) in [5, 5.41) is 12.0. The third-order valence-corrected chi connectivity index (χ3v) is 6.84. The Kier molecular flexibility index (Phi) is 6.66. The second-order valence-electron chi connectivity index (χ2n) is 10.4. The van der Waals surface area contributed by atoms with Crippen molar-refractivity contribution in [1.82, 2.24) is 4.90 Å². The molecule has 1 aliphatic heterocycles. The van der Waals surface area contributed by atoms with Gasteiger partial charge in [0.2, 0.25) is 5.91 Å². The molecule has 3 aromatic carbocycles. The summed E-state index contributed by atoms with van der Waals surface area (Å²) in [7, 11) is 0. The third-order valence-electron chi connectivity index (χ3n) is 6.84. The van der Waals surface area contributed by atoms with E-state index in [0.717, 1.165) is 16.7 Å². The Bertz CT molecular complexity index is 1100. The Hall–Kier alpha value is -2.95. The van der Waals surface area contributed by atoms with Crippen molar-refractivity contribution in [2.75, 3.05) is 0 Å². The summed E-state index contributed by atoms with van der Waals surface area (Å²) in [6.45, 7) is 7.97. The number of rotatable bonds is 7. The molecule has 3 aromatic rings. The maximum absolute atomic E-state index is 14.0. The lowest BCUT2D eigenvalue weighted by Crippen LogP contribution is -2.52. The van der Waals surface area contributed by atoms with Crippen molar-refractivity contribution in [3.8, 4) is 0 Å². The Morgan fingerprint density at radius 3 is 1.91 bits per heavy atom. The standard InChI is InChI=1S/C30H35NO3/c1-28(2)26(20-23-14-8-5-9-15-23)31(29(3,4)34-28)27(32)22-30(33,25-18-12-7-13-19-25)21-24-16-10-6-11-17-24/h5-19,26,33H,20-22H2,1-4H3/t26-,30-/m0/s1. The van der Waals surface area contributed by atoms with Gasteiger partial charge >= 0.3 is 0 Å². The molecule has 1 saturated heterocycles. The summed E-state index contributed by atoms with van der Waals surface area (Å²) < 4.78 is 6.42. The van der Waals surface area contributed by atoms with E-state index >= 15 is 0 Å². The van der Waals surface area contributed by atoms with Crippen molar-refractivity contribution >= 4 is 5.91 Å². The van der Waals surface area contributed by atoms with Crippen LogP contribution >= 0.6 is 0 Å². The van der Waals surface area contributed by atoms with Crippen LogP contribution in [0.2, 0.25) is 0 Å². The SMILES string of the molecule is CC1(C)OC(C)(C)N(C(=O)C[C@@](O)(Cc2ccccc2)c2ccccc2)[C@H]1Cc1ccccc1. The molecular weight excluding hydrogens is 422 g/mol. The summed E-state index contributed by atoms with van der Waals surface area (Å²) in [6, 6.07) is 29.4. The molecule has 2 atom stereocenters. The van der Waals surface area contributed by atoms with E-state index in [9.17, 15) is 9.90 Å². The summed E-state index contributed by atoms with van der Waals surface area (Å²) >= 11 is 0. The molecule has 0 aromatic heterocycles. The van der Waals surface area contributed by atoms with E-state index in [0.29, 0.717) is 12.8 Å². The zero-order valence-corrected chi connectivity index (χ0v) is 20.6. The summed E-state index contributed by atoms with van der Waals surface area (Å²) in [5.41, 5.74) is 0.231. The molecule has 0 saturated carbocycles. The smallest absolute Gasteiger partial charge is 0.228 e. The molecule has 1 aliphatic rings. The van der Waals surface area contributed by atoms with Gasteiger partial charge in [-0.05, 0) is 50.8 Å². The predicted octanol–water partition coefficient (Wildman–Crippen LogP) is 5.49. The maximum atomic E-state index is 14.0. The van der Waals surface area contributed by atoms with Gasteiger partial charge in [0.25, 0.3) is 0 Å². The van der Waals surface area contributed by atoms with Crippen LogP contribution in [0.15, 0.2) is 91.0 Å². The molecule has 0 aliphatic carbocycles. The van der Waals surface area contributed by atoms with Crippen molar-refractivity contribution in [1.29, 1.82) is 0 Å². The minimum absolute atomic E-state index is 0.0277. The van der Waals surface area contributed by atoms with E-state index in [1.54, 1.807) is 0 Å². The quantitative estimate of drug-likeness (QED) is 0.510. The average Bonchev–Trinajstić information content (AvgIpc) is 2.98. The van der Waals surface area contributed by atoms with Crippen LogP contribution < -0.4 is 0 Å². The molecule has 0 unspecified atom stereocenters. The first-order valence-corrected chi connectivity index (χ1v) is 12.0. The average molecular weight is 458 g/mol. The first kappa shape index (κ1) is 24.2. The van der Waals surface area contributed by atoms with E-state index in [4.69, 9.17) is 4.74 Å². The fourth-order valence-corrected chi connectivity index (χ4v) is 5.38. The first-order chi connectivity index (χ1) is 16.1. The highest BCUT2D eigenvalue weighted by atomic mass is 16.6. The summed E-state index contributed by atoms with van der Waals surface area (Å²) in [5.74, 6) is -0.112. The normalized spacial score (nSPS) is 20.6. The molecule has 0 radical (unpaired) electrons. The Balaban J connectivity index is 1.67. The van der Waals surface area contributed by atoms with Crippen LogP contribution in [0.1, 0.15) is 50.8 Å². The number of hydrogen-bond donors (Lipinski definition) is 1. The molecule has 34 heavy (non-hydrogen) atoms. The molecule has 0 spiro atoms. The van der Waals surface area contributed by atoms with Gasteiger partial charge < -0.3 is 14.7 Å². The van der Waals surface area contributed by atoms with Crippen molar-refractivity contribution in [2.24, 2.45) is 0 Å². The van der Waals surface area contributed by atoms with Gasteiger partial charge in [-0.2, -0.15) is 0 Å². The number of nitrogens with zero attached hydrogens (tertiary/aromatic N) is 1. The molecule has 1 N–H and O–H groups in total. The fraction of sp³-hybridized carbons (Fsp3) is 0.367. The fourth-order valence-electron chi connectivity index (χ4n) is 5.38. The molecule has 4 heteroatoms. The van der Waals surface area contributed by atoms with Crippen LogP contribution in [0.4, 0.5) is 0 Å². The minimum atomic E-state index is -1.33. The lowest BCUT2D eigenvalue weighted by atomic mass is 9.83. The molecule has 0 bridgehead atoms. The molecule has 4 nitrogen and oxygen atoms in total. The van der Waals surface area contributed by atoms with E-state index in [1.807, 2.05) is 111 Å². The van der Waals surface area contributed by atoms with E-state index in [2.05, 4.69) is 12.1 Å². The lowest BCUT2D eigenvalue weighted by Gasteiger charge is -2.37. The Morgan fingerprint density at radius 2 is 1.35 bits per heavy atom. The number of hydrogen-bond acceptors (Lipinski definition) is 3. The molecule has 1 heterocycles. The third kappa shape index (κ3) is 5.08. The van der Waals surface area contributed by atoms with E-state index in [1.165, 1.54) is 0 Å². The van der Waals surface area contributed by atoms with Gasteiger partial charge in [-0.15, -0.1) is 0 Å². The highest BCUT2D eigenvalue weighted by molar-refractivity contribution is 5.79. The number of carbonyl (C=O) groups is 1. The van der Waals surface area contributed by atoms with Gasteiger partial charge in [0.15, 0.2) is 0 Å². The molecule has 4 rings (SSSR count). The molecule has 1 amide bonds. The highest BCUT2D eigenvalue weighted by Crippen LogP contribution is 2.42. The number of ether oxygens (including phenoxy) is 1. The van der Waals surface area contributed by atoms with Gasteiger partial charge in [-0.25, -0.2) is 0 Å². The van der Waals surface area contributed by atoms with Crippen molar-refractivity contribution < 1.29 is 14.6 Å². The van der Waals surface area contributed by atoms with Crippen molar-refractivity contribution in [3.63, 3.8) is 0 Å². The number of aliphatic hydroxyl groups is 1. The summed E-state index contributed by atoms with van der Waals surface area (Å²) in [4.78, 5) is 15.9. The number of amides is 1. The minimum Gasteiger partial charge on any atom is -0.384 e. The van der Waals surface area contributed by atoms with Crippen LogP contribution in [0, 0.1) is 0 Å². The van der Waals surface area contributed by atoms with Crippen molar-refractivity contribution in [3.05, 3.63) is 108 Å². The zero-order chi connectivity index (χ0) is 24.4. The monoisotopic (exact) mass is 457 g/mol. The van der Waals surface area contributed by atoms with Gasteiger partial charge in [0.1, 0.15) is 11.3 Å². The Labute approximate surface area is 203 Å². The molecule has 178 valence electrons. The Morgan fingerprint density at radius 1 is 0.853 bits per heavy atom. The molecule has 1 fully saturated rings. The number of benzene rings is 3. The van der Waals surface area contributed by atoms with Crippen LogP contribution in [0.3, 0.4) is 0 Å². The highest BCUT2D eigenvalue weighted by Gasteiger charge is 2.54. The topological polar surface area (TPSA) is 49.8 Å². The second kappa shape index (κ2) is 9.36. The van der Waals surface area contributed by atoms with Crippen molar-refractivity contribution in [2.45, 2.75) is 69.9 Å². The molecular formula is C30H35NO3. The number of carbonyl (C=O) groups excluding carboxylic acids is 1. The largest absolute Gasteiger partial charge is 0.384 e. The second-order valence-corrected chi connectivity index (χ2v) is 10.4. The van der Waals surface area contributed by atoms with Gasteiger partial charge in [-0.3, -0.25) is 4.79 Å². The van der Waals surface area contributed by atoms with Crippen LogP contribution in [0.5, 0.6) is 0 Å². The first-order valence-electron chi connectivity index (χ1n) is 12.0. The van der Waals surface area contributed by atoms with E-state index in [-0.39, 0.29) is 18.4 Å². The van der Waals surface area contributed by atoms with Crippen LogP contribution in [-0.2, 0) is 28.0 Å². The van der Waals surface area contributed by atoms with Crippen LogP contribution in [0.25, 0.3) is 0 Å². The van der Waals surface area contributed by atoms with Gasteiger partial charge in [-0.1, -0.05) is 91.0 Å². The van der Waals surface area contributed by atoms with E-state index < -0.39 is 16.9 Å². The van der Waals surface area contributed by atoms with Gasteiger partial charge in [0, 0.05) is 6.42 Å². The lowest BCUT2D eigenvalue weighted by molar-refractivity contribution is -0.154. The summed E-state index contributed by atoms with van der Waals surface area (Å²) in [6.07, 6.45) is 1.01. The maximum Gasteiger partial charge on any atom is 0.228 e. The van der Waals surface area contributed by atoms with Crippen LogP contribution in [-0.4, -0.2) is 33.3 Å².